The molecule has 0 aromatic heterocycles. The summed E-state index contributed by atoms with van der Waals surface area (Å²) in [6.45, 7) is 1.40. The number of hydrogen-bond donors (Lipinski definition) is 2. The molecule has 2 unspecified atom stereocenters. The van der Waals surface area contributed by atoms with Gasteiger partial charge in [0.2, 0.25) is 5.91 Å². The van der Waals surface area contributed by atoms with Crippen LogP contribution < -0.4 is 5.32 Å². The van der Waals surface area contributed by atoms with Crippen LogP contribution >= 0.6 is 0 Å². The first-order valence-electron chi connectivity index (χ1n) is 5.68. The molecule has 0 bridgehead atoms. The average Bonchev–Trinajstić information content (AvgIpc) is 2.70. The zero-order valence-corrected chi connectivity index (χ0v) is 10.2. The lowest BCUT2D eigenvalue weighted by molar-refractivity contribution is -0.149. The largest absolute Gasteiger partial charge is 0.479 e. The molecule has 0 heterocycles. The SMILES string of the molecule is COCC(C)(NC(=O)CC1C=CCC1)C(=O)O. The van der Waals surface area contributed by atoms with Crippen molar-refractivity contribution in [1.82, 2.24) is 5.32 Å². The fourth-order valence-electron chi connectivity index (χ4n) is 1.90. The number of carbonyl (C=O) groups is 2. The molecule has 17 heavy (non-hydrogen) atoms. The number of ether oxygens (including phenoxy) is 1. The van der Waals surface area contributed by atoms with Crippen molar-refractivity contribution in [3.63, 3.8) is 0 Å². The van der Waals surface area contributed by atoms with Gasteiger partial charge in [-0.1, -0.05) is 12.2 Å². The van der Waals surface area contributed by atoms with Gasteiger partial charge in [0.15, 0.2) is 5.54 Å². The van der Waals surface area contributed by atoms with Gasteiger partial charge in [0.05, 0.1) is 6.61 Å². The number of carboxylic acids is 1. The van der Waals surface area contributed by atoms with Gasteiger partial charge < -0.3 is 15.2 Å². The smallest absolute Gasteiger partial charge is 0.331 e. The van der Waals surface area contributed by atoms with Gasteiger partial charge in [0, 0.05) is 13.5 Å². The van der Waals surface area contributed by atoms with Crippen LogP contribution in [-0.4, -0.2) is 36.2 Å². The fraction of sp³-hybridized carbons (Fsp3) is 0.667. The summed E-state index contributed by atoms with van der Waals surface area (Å²) >= 11 is 0. The molecule has 1 aliphatic rings. The van der Waals surface area contributed by atoms with Crippen LogP contribution in [0.5, 0.6) is 0 Å². The molecule has 1 rings (SSSR count). The van der Waals surface area contributed by atoms with Crippen LogP contribution in [0.1, 0.15) is 26.2 Å². The van der Waals surface area contributed by atoms with Gasteiger partial charge in [0.25, 0.3) is 0 Å². The lowest BCUT2D eigenvalue weighted by atomic mass is 10.0. The molecule has 2 atom stereocenters. The number of nitrogens with one attached hydrogen (secondary N) is 1. The minimum atomic E-state index is -1.35. The summed E-state index contributed by atoms with van der Waals surface area (Å²) < 4.78 is 4.83. The second-order valence-electron chi connectivity index (χ2n) is 4.59. The van der Waals surface area contributed by atoms with Gasteiger partial charge in [-0.3, -0.25) is 4.79 Å². The standard InChI is InChI=1S/C12H19NO4/c1-12(8-17-2,11(15)16)13-10(14)7-9-5-3-4-6-9/h3,5,9H,4,6-8H2,1-2H3,(H,13,14)(H,15,16). The van der Waals surface area contributed by atoms with Crippen LogP contribution in [0.15, 0.2) is 12.2 Å². The molecule has 0 aliphatic heterocycles. The number of methoxy groups -OCH3 is 1. The zero-order valence-electron chi connectivity index (χ0n) is 10.2. The molecule has 1 amide bonds. The monoisotopic (exact) mass is 241 g/mol. The van der Waals surface area contributed by atoms with Gasteiger partial charge in [-0.15, -0.1) is 0 Å². The van der Waals surface area contributed by atoms with Crippen molar-refractivity contribution in [3.05, 3.63) is 12.2 Å². The molecule has 0 saturated heterocycles. The molecule has 0 radical (unpaired) electrons. The van der Waals surface area contributed by atoms with Crippen molar-refractivity contribution in [2.24, 2.45) is 5.92 Å². The Labute approximate surface area is 101 Å². The molecular weight excluding hydrogens is 222 g/mol. The van der Waals surface area contributed by atoms with E-state index in [4.69, 9.17) is 9.84 Å². The number of aliphatic carboxylic acids is 1. The van der Waals surface area contributed by atoms with E-state index in [1.165, 1.54) is 14.0 Å². The van der Waals surface area contributed by atoms with Crippen molar-refractivity contribution >= 4 is 11.9 Å². The molecule has 0 aromatic carbocycles. The summed E-state index contributed by atoms with van der Waals surface area (Å²) in [5.41, 5.74) is -1.35. The molecule has 0 saturated carbocycles. The van der Waals surface area contributed by atoms with Crippen LogP contribution in [0, 0.1) is 5.92 Å². The minimum Gasteiger partial charge on any atom is -0.479 e. The van der Waals surface area contributed by atoms with E-state index in [0.717, 1.165) is 12.8 Å². The van der Waals surface area contributed by atoms with E-state index < -0.39 is 11.5 Å². The molecule has 0 aromatic rings. The van der Waals surface area contributed by atoms with Crippen LogP contribution in [0.2, 0.25) is 0 Å². The summed E-state index contributed by atoms with van der Waals surface area (Å²) in [7, 11) is 1.41. The van der Waals surface area contributed by atoms with Crippen LogP contribution in [0.3, 0.4) is 0 Å². The van der Waals surface area contributed by atoms with Crippen molar-refractivity contribution in [2.75, 3.05) is 13.7 Å². The Morgan fingerprint density at radius 2 is 2.29 bits per heavy atom. The lowest BCUT2D eigenvalue weighted by Gasteiger charge is -2.25. The molecule has 96 valence electrons. The normalized spacial score (nSPS) is 22.1. The maximum atomic E-state index is 11.7. The van der Waals surface area contributed by atoms with Crippen LogP contribution in [0.25, 0.3) is 0 Å². The second-order valence-corrected chi connectivity index (χ2v) is 4.59. The van der Waals surface area contributed by atoms with E-state index in [1.54, 1.807) is 0 Å². The Kier molecular flexibility index (Phi) is 4.69. The van der Waals surface area contributed by atoms with Gasteiger partial charge in [0.1, 0.15) is 0 Å². The molecule has 5 heteroatoms. The summed E-state index contributed by atoms with van der Waals surface area (Å²) in [5, 5.41) is 11.6. The number of amides is 1. The van der Waals surface area contributed by atoms with Crippen molar-refractivity contribution in [2.45, 2.75) is 31.7 Å². The van der Waals surface area contributed by atoms with Gasteiger partial charge in [-0.05, 0) is 25.7 Å². The highest BCUT2D eigenvalue weighted by Gasteiger charge is 2.35. The summed E-state index contributed by atoms with van der Waals surface area (Å²) in [6.07, 6.45) is 6.34. The van der Waals surface area contributed by atoms with Crippen LogP contribution in [-0.2, 0) is 14.3 Å². The van der Waals surface area contributed by atoms with Crippen LogP contribution in [0.4, 0.5) is 0 Å². The van der Waals surface area contributed by atoms with Gasteiger partial charge in [-0.25, -0.2) is 4.79 Å². The van der Waals surface area contributed by atoms with E-state index in [0.29, 0.717) is 6.42 Å². The summed E-state index contributed by atoms with van der Waals surface area (Å²) in [5.74, 6) is -1.10. The predicted octanol–water partition coefficient (Wildman–Crippen LogP) is 0.949. The number of carbonyl (C=O) groups excluding carboxylic acids is 1. The molecule has 1 aliphatic carbocycles. The van der Waals surface area contributed by atoms with E-state index >= 15 is 0 Å². The summed E-state index contributed by atoms with van der Waals surface area (Å²) in [6, 6.07) is 0. The summed E-state index contributed by atoms with van der Waals surface area (Å²) in [4.78, 5) is 22.8. The molecule has 0 spiro atoms. The Balaban J connectivity index is 2.51. The maximum Gasteiger partial charge on any atom is 0.331 e. The number of rotatable bonds is 6. The van der Waals surface area contributed by atoms with E-state index in [9.17, 15) is 9.59 Å². The van der Waals surface area contributed by atoms with E-state index in [-0.39, 0.29) is 18.4 Å². The van der Waals surface area contributed by atoms with E-state index in [2.05, 4.69) is 5.32 Å². The first kappa shape index (κ1) is 13.7. The zero-order chi connectivity index (χ0) is 12.9. The Morgan fingerprint density at radius 3 is 2.76 bits per heavy atom. The highest BCUT2D eigenvalue weighted by molar-refractivity contribution is 5.87. The Hall–Kier alpha value is -1.36. The Morgan fingerprint density at radius 1 is 1.59 bits per heavy atom. The Bertz CT molecular complexity index is 326. The third-order valence-corrected chi connectivity index (χ3v) is 2.88. The molecule has 0 fully saturated rings. The second kappa shape index (κ2) is 5.82. The number of allylic oxidation sites excluding steroid dienone is 2. The molecular formula is C12H19NO4. The first-order chi connectivity index (χ1) is 7.98. The number of hydrogen-bond acceptors (Lipinski definition) is 3. The average molecular weight is 241 g/mol. The first-order valence-corrected chi connectivity index (χ1v) is 5.68. The van der Waals surface area contributed by atoms with Crippen molar-refractivity contribution in [1.29, 1.82) is 0 Å². The van der Waals surface area contributed by atoms with Gasteiger partial charge in [-0.2, -0.15) is 0 Å². The maximum absolute atomic E-state index is 11.7. The third-order valence-electron chi connectivity index (χ3n) is 2.88. The molecule has 2 N–H and O–H groups in total. The number of carboxylic acid groups (broad SMARTS) is 1. The van der Waals surface area contributed by atoms with Crippen molar-refractivity contribution in [3.8, 4) is 0 Å². The van der Waals surface area contributed by atoms with E-state index in [1.807, 2.05) is 12.2 Å². The highest BCUT2D eigenvalue weighted by atomic mass is 16.5. The highest BCUT2D eigenvalue weighted by Crippen LogP contribution is 2.20. The van der Waals surface area contributed by atoms with Crippen molar-refractivity contribution < 1.29 is 19.4 Å². The molecule has 5 nitrogen and oxygen atoms in total. The van der Waals surface area contributed by atoms with Gasteiger partial charge >= 0.3 is 5.97 Å². The predicted molar refractivity (Wildman–Crippen MR) is 62.5 cm³/mol. The topological polar surface area (TPSA) is 75.6 Å². The lowest BCUT2D eigenvalue weighted by Crippen LogP contribution is -2.55. The minimum absolute atomic E-state index is 0.0470. The third kappa shape index (κ3) is 3.85. The fourth-order valence-corrected chi connectivity index (χ4v) is 1.90. The quantitative estimate of drug-likeness (QED) is 0.679.